The molecule has 26 heavy (non-hydrogen) atoms. The first kappa shape index (κ1) is 18.4. The molecule has 0 aliphatic heterocycles. The van der Waals surface area contributed by atoms with E-state index in [9.17, 15) is 0 Å². The van der Waals surface area contributed by atoms with Gasteiger partial charge in [0.1, 0.15) is 12.1 Å². The largest absolute Gasteiger partial charge is 0.369 e. The summed E-state index contributed by atoms with van der Waals surface area (Å²) in [7, 11) is 0. The van der Waals surface area contributed by atoms with Gasteiger partial charge < -0.3 is 5.32 Å². The SMILES string of the molecule is Cc1cccc(CCCCCCCCNc2ncnc3ccccc23)c1. The smallest absolute Gasteiger partial charge is 0.137 e. The second kappa shape index (κ2) is 9.91. The highest BCUT2D eigenvalue weighted by Gasteiger charge is 2.01. The van der Waals surface area contributed by atoms with Gasteiger partial charge in [-0.2, -0.15) is 0 Å². The van der Waals surface area contributed by atoms with Crippen molar-refractivity contribution in [2.24, 2.45) is 0 Å². The Balaban J connectivity index is 1.27. The van der Waals surface area contributed by atoms with E-state index < -0.39 is 0 Å². The molecule has 0 saturated carbocycles. The molecular weight excluding hydrogens is 318 g/mol. The number of anilines is 1. The van der Waals surface area contributed by atoms with Gasteiger partial charge in [-0.05, 0) is 43.9 Å². The van der Waals surface area contributed by atoms with Gasteiger partial charge in [0, 0.05) is 11.9 Å². The summed E-state index contributed by atoms with van der Waals surface area (Å²) in [4.78, 5) is 8.68. The fraction of sp³-hybridized carbons (Fsp3) is 0.391. The van der Waals surface area contributed by atoms with E-state index in [1.54, 1.807) is 6.33 Å². The highest BCUT2D eigenvalue weighted by atomic mass is 15.0. The van der Waals surface area contributed by atoms with Gasteiger partial charge in [0.25, 0.3) is 0 Å². The zero-order chi connectivity index (χ0) is 18.0. The minimum absolute atomic E-state index is 0.953. The van der Waals surface area contributed by atoms with E-state index in [0.29, 0.717) is 0 Å². The number of aromatic nitrogens is 2. The summed E-state index contributed by atoms with van der Waals surface area (Å²) in [6.45, 7) is 3.14. The lowest BCUT2D eigenvalue weighted by atomic mass is 10.0. The molecular formula is C23H29N3. The van der Waals surface area contributed by atoms with Crippen molar-refractivity contribution >= 4 is 16.7 Å². The minimum Gasteiger partial charge on any atom is -0.369 e. The van der Waals surface area contributed by atoms with Gasteiger partial charge in [-0.15, -0.1) is 0 Å². The third kappa shape index (κ3) is 5.55. The maximum absolute atomic E-state index is 4.38. The first-order valence-electron chi connectivity index (χ1n) is 9.82. The van der Waals surface area contributed by atoms with Crippen LogP contribution in [-0.2, 0) is 6.42 Å². The van der Waals surface area contributed by atoms with Crippen LogP contribution in [0.5, 0.6) is 0 Å². The molecule has 0 bridgehead atoms. The quantitative estimate of drug-likeness (QED) is 0.462. The topological polar surface area (TPSA) is 37.8 Å². The summed E-state index contributed by atoms with van der Waals surface area (Å²) in [5.74, 6) is 0.953. The van der Waals surface area contributed by atoms with E-state index in [1.807, 2.05) is 18.2 Å². The fourth-order valence-corrected chi connectivity index (χ4v) is 3.38. The third-order valence-corrected chi connectivity index (χ3v) is 4.81. The van der Waals surface area contributed by atoms with Crippen LogP contribution >= 0.6 is 0 Å². The molecule has 0 fully saturated rings. The van der Waals surface area contributed by atoms with Gasteiger partial charge in [-0.25, -0.2) is 9.97 Å². The summed E-state index contributed by atoms with van der Waals surface area (Å²) in [5.41, 5.74) is 3.84. The molecule has 0 atom stereocenters. The van der Waals surface area contributed by atoms with E-state index in [4.69, 9.17) is 0 Å². The van der Waals surface area contributed by atoms with Crippen LogP contribution in [0, 0.1) is 6.92 Å². The molecule has 0 saturated heterocycles. The number of hydrogen-bond acceptors (Lipinski definition) is 3. The molecule has 1 heterocycles. The Morgan fingerprint density at radius 1 is 0.808 bits per heavy atom. The number of para-hydroxylation sites is 1. The van der Waals surface area contributed by atoms with Crippen LogP contribution in [0.2, 0.25) is 0 Å². The van der Waals surface area contributed by atoms with Crippen molar-refractivity contribution in [3.63, 3.8) is 0 Å². The Morgan fingerprint density at radius 2 is 1.62 bits per heavy atom. The third-order valence-electron chi connectivity index (χ3n) is 4.81. The van der Waals surface area contributed by atoms with E-state index >= 15 is 0 Å². The lowest BCUT2D eigenvalue weighted by molar-refractivity contribution is 0.601. The van der Waals surface area contributed by atoms with Gasteiger partial charge >= 0.3 is 0 Å². The molecule has 0 aliphatic carbocycles. The molecule has 0 radical (unpaired) electrons. The predicted molar refractivity (Wildman–Crippen MR) is 111 cm³/mol. The molecule has 1 aromatic heterocycles. The summed E-state index contributed by atoms with van der Waals surface area (Å²) in [6, 6.07) is 17.0. The second-order valence-corrected chi connectivity index (χ2v) is 7.03. The second-order valence-electron chi connectivity index (χ2n) is 7.03. The number of hydrogen-bond donors (Lipinski definition) is 1. The molecule has 3 nitrogen and oxygen atoms in total. The first-order chi connectivity index (χ1) is 12.8. The van der Waals surface area contributed by atoms with Crippen LogP contribution in [0.25, 0.3) is 10.9 Å². The molecule has 0 spiro atoms. The summed E-state index contributed by atoms with van der Waals surface area (Å²) in [6.07, 6.45) is 10.6. The Morgan fingerprint density at radius 3 is 2.50 bits per heavy atom. The molecule has 0 aliphatic rings. The Labute approximate surface area is 156 Å². The molecule has 0 amide bonds. The number of nitrogens with one attached hydrogen (secondary N) is 1. The summed E-state index contributed by atoms with van der Waals surface area (Å²) >= 11 is 0. The number of rotatable bonds is 10. The standard InChI is InChI=1S/C23H29N3/c1-19-11-10-13-20(17-19)12-6-4-2-3-5-9-16-24-23-21-14-7-8-15-22(21)25-18-26-23/h7-8,10-11,13-15,17-18H,2-6,9,12,16H2,1H3,(H,24,25,26). The van der Waals surface area contributed by atoms with Crippen molar-refractivity contribution in [2.45, 2.75) is 51.9 Å². The van der Waals surface area contributed by atoms with Gasteiger partial charge in [0.15, 0.2) is 0 Å². The van der Waals surface area contributed by atoms with Crippen LogP contribution in [0.3, 0.4) is 0 Å². The van der Waals surface area contributed by atoms with Crippen molar-refractivity contribution in [2.75, 3.05) is 11.9 Å². The number of fused-ring (bicyclic) bond motifs is 1. The van der Waals surface area contributed by atoms with E-state index in [2.05, 4.69) is 52.5 Å². The highest BCUT2D eigenvalue weighted by molar-refractivity contribution is 5.88. The summed E-state index contributed by atoms with van der Waals surface area (Å²) in [5, 5.41) is 4.57. The van der Waals surface area contributed by atoms with E-state index in [-0.39, 0.29) is 0 Å². The van der Waals surface area contributed by atoms with Crippen molar-refractivity contribution < 1.29 is 0 Å². The highest BCUT2D eigenvalue weighted by Crippen LogP contribution is 2.18. The van der Waals surface area contributed by atoms with Crippen LogP contribution in [0.15, 0.2) is 54.9 Å². The number of aryl methyl sites for hydroxylation is 2. The van der Waals surface area contributed by atoms with Crippen LogP contribution in [-0.4, -0.2) is 16.5 Å². The van der Waals surface area contributed by atoms with Crippen LogP contribution in [0.1, 0.15) is 49.7 Å². The van der Waals surface area contributed by atoms with Crippen molar-refractivity contribution in [3.05, 3.63) is 66.0 Å². The maximum atomic E-state index is 4.38. The van der Waals surface area contributed by atoms with Crippen molar-refractivity contribution in [1.29, 1.82) is 0 Å². The molecule has 1 N–H and O–H groups in total. The molecule has 3 aromatic rings. The van der Waals surface area contributed by atoms with Crippen molar-refractivity contribution in [3.8, 4) is 0 Å². The normalized spacial score (nSPS) is 11.0. The zero-order valence-corrected chi connectivity index (χ0v) is 15.7. The monoisotopic (exact) mass is 347 g/mol. The van der Waals surface area contributed by atoms with Gasteiger partial charge in [0.2, 0.25) is 0 Å². The lowest BCUT2D eigenvalue weighted by Gasteiger charge is -2.08. The van der Waals surface area contributed by atoms with Crippen LogP contribution < -0.4 is 5.32 Å². The van der Waals surface area contributed by atoms with Gasteiger partial charge in [0.05, 0.1) is 5.52 Å². The van der Waals surface area contributed by atoms with E-state index in [0.717, 1.165) is 23.3 Å². The molecule has 2 aromatic carbocycles. The zero-order valence-electron chi connectivity index (χ0n) is 15.7. The Bertz CT molecular complexity index is 808. The Kier molecular flexibility index (Phi) is 7.00. The number of benzene rings is 2. The van der Waals surface area contributed by atoms with Crippen LogP contribution in [0.4, 0.5) is 5.82 Å². The maximum Gasteiger partial charge on any atom is 0.137 e. The molecule has 136 valence electrons. The Hall–Kier alpha value is -2.42. The number of nitrogens with zero attached hydrogens (tertiary/aromatic N) is 2. The van der Waals surface area contributed by atoms with Gasteiger partial charge in [-0.3, -0.25) is 0 Å². The average Bonchev–Trinajstić information content (AvgIpc) is 2.67. The molecule has 3 heteroatoms. The predicted octanol–water partition coefficient (Wildman–Crippen LogP) is 5.93. The summed E-state index contributed by atoms with van der Waals surface area (Å²) < 4.78 is 0. The molecule has 0 unspecified atom stereocenters. The first-order valence-corrected chi connectivity index (χ1v) is 9.82. The fourth-order valence-electron chi connectivity index (χ4n) is 3.38. The average molecular weight is 348 g/mol. The van der Waals surface area contributed by atoms with E-state index in [1.165, 1.54) is 56.1 Å². The molecule has 3 rings (SSSR count). The van der Waals surface area contributed by atoms with Gasteiger partial charge in [-0.1, -0.05) is 67.6 Å². The minimum atomic E-state index is 0.953. The van der Waals surface area contributed by atoms with Crippen molar-refractivity contribution in [1.82, 2.24) is 9.97 Å². The lowest BCUT2D eigenvalue weighted by Crippen LogP contribution is -2.04. The number of unbranched alkanes of at least 4 members (excludes halogenated alkanes) is 5.